The average molecular weight is 446 g/mol. The van der Waals surface area contributed by atoms with Crippen molar-refractivity contribution in [3.8, 4) is 0 Å². The highest BCUT2D eigenvalue weighted by atomic mass is 35.5. The highest BCUT2D eigenvalue weighted by Crippen LogP contribution is 2.35. The summed E-state index contributed by atoms with van der Waals surface area (Å²) >= 11 is 5.91. The zero-order valence-electron chi connectivity index (χ0n) is 17.1. The summed E-state index contributed by atoms with van der Waals surface area (Å²) in [5, 5.41) is -0.0264. The van der Waals surface area contributed by atoms with Crippen LogP contribution in [0.1, 0.15) is 50.4 Å². The van der Waals surface area contributed by atoms with Gasteiger partial charge in [0.1, 0.15) is 11.0 Å². The topological polar surface area (TPSA) is 98.8 Å². The molecule has 0 heterocycles. The number of sulfonamides is 1. The Balaban J connectivity index is 2.00. The molecule has 0 saturated heterocycles. The third kappa shape index (κ3) is 6.17. The van der Waals surface area contributed by atoms with Gasteiger partial charge in [-0.3, -0.25) is 0 Å². The van der Waals surface area contributed by atoms with Crippen molar-refractivity contribution in [1.82, 2.24) is 4.72 Å². The van der Waals surface area contributed by atoms with E-state index in [9.17, 15) is 18.0 Å². The first-order valence-electron chi connectivity index (χ1n) is 9.64. The standard InChI is InChI=1S/C20H28ClNO6S/c1-12(2)15-7-5-13(3)9-17(15)28-19(23)11-27-20(24)14-6-8-16(21)18(10-14)29(25,26)22-4/h6,8,10,12-13,15,17,22H,5,7,9,11H2,1-4H3. The quantitative estimate of drug-likeness (QED) is 0.645. The number of rotatable bonds is 7. The fraction of sp³-hybridized carbons (Fsp3) is 0.600. The SMILES string of the molecule is CNS(=O)(=O)c1cc(C(=O)OCC(=O)OC2CC(C)CCC2C(C)C)ccc1Cl. The molecule has 1 fully saturated rings. The molecular weight excluding hydrogens is 418 g/mol. The zero-order chi connectivity index (χ0) is 21.8. The van der Waals surface area contributed by atoms with E-state index in [0.717, 1.165) is 25.3 Å². The fourth-order valence-electron chi connectivity index (χ4n) is 3.61. The van der Waals surface area contributed by atoms with E-state index in [1.165, 1.54) is 19.2 Å². The van der Waals surface area contributed by atoms with Gasteiger partial charge in [-0.1, -0.05) is 38.8 Å². The summed E-state index contributed by atoms with van der Waals surface area (Å²) in [6.45, 7) is 5.82. The number of benzene rings is 1. The minimum atomic E-state index is -3.84. The van der Waals surface area contributed by atoms with E-state index in [1.54, 1.807) is 0 Å². The van der Waals surface area contributed by atoms with Gasteiger partial charge in [-0.15, -0.1) is 0 Å². The molecule has 3 unspecified atom stereocenters. The average Bonchev–Trinajstić information content (AvgIpc) is 2.66. The van der Waals surface area contributed by atoms with E-state index in [4.69, 9.17) is 21.1 Å². The van der Waals surface area contributed by atoms with Crippen molar-refractivity contribution < 1.29 is 27.5 Å². The second kappa shape index (κ2) is 9.91. The highest BCUT2D eigenvalue weighted by Gasteiger charge is 2.33. The number of hydrogen-bond donors (Lipinski definition) is 1. The summed E-state index contributed by atoms with van der Waals surface area (Å²) in [4.78, 5) is 24.2. The van der Waals surface area contributed by atoms with Crippen LogP contribution in [0.5, 0.6) is 0 Å². The number of halogens is 1. The van der Waals surface area contributed by atoms with Crippen LogP contribution in [0.2, 0.25) is 5.02 Å². The van der Waals surface area contributed by atoms with E-state index in [2.05, 4.69) is 25.5 Å². The second-order valence-corrected chi connectivity index (χ2v) is 10.0. The Morgan fingerprint density at radius 1 is 1.28 bits per heavy atom. The number of nitrogens with one attached hydrogen (secondary N) is 1. The molecule has 0 aliphatic heterocycles. The van der Waals surface area contributed by atoms with Crippen LogP contribution in [0, 0.1) is 17.8 Å². The molecule has 1 saturated carbocycles. The van der Waals surface area contributed by atoms with Crippen LogP contribution in [0.25, 0.3) is 0 Å². The summed E-state index contributed by atoms with van der Waals surface area (Å²) < 4.78 is 36.7. The van der Waals surface area contributed by atoms with Crippen molar-refractivity contribution in [1.29, 1.82) is 0 Å². The van der Waals surface area contributed by atoms with Crippen molar-refractivity contribution in [2.45, 2.75) is 51.0 Å². The molecule has 0 aromatic heterocycles. The Morgan fingerprint density at radius 2 is 1.97 bits per heavy atom. The molecule has 0 radical (unpaired) electrons. The Kier molecular flexibility index (Phi) is 8.08. The van der Waals surface area contributed by atoms with E-state index < -0.39 is 28.6 Å². The van der Waals surface area contributed by atoms with Gasteiger partial charge < -0.3 is 9.47 Å². The maximum absolute atomic E-state index is 12.3. The van der Waals surface area contributed by atoms with Crippen LogP contribution in [0.15, 0.2) is 23.1 Å². The van der Waals surface area contributed by atoms with E-state index in [-0.39, 0.29) is 27.5 Å². The molecule has 9 heteroatoms. The maximum atomic E-state index is 12.3. The summed E-state index contributed by atoms with van der Waals surface area (Å²) in [6.07, 6.45) is 2.72. The maximum Gasteiger partial charge on any atom is 0.344 e. The summed E-state index contributed by atoms with van der Waals surface area (Å²) in [5.74, 6) is -0.281. The van der Waals surface area contributed by atoms with E-state index in [0.29, 0.717) is 11.8 Å². The molecule has 0 bridgehead atoms. The Hall–Kier alpha value is -1.64. The molecule has 7 nitrogen and oxygen atoms in total. The molecule has 162 valence electrons. The molecule has 1 N–H and O–H groups in total. The summed E-state index contributed by atoms with van der Waals surface area (Å²) in [7, 11) is -2.60. The predicted molar refractivity (Wildman–Crippen MR) is 109 cm³/mol. The van der Waals surface area contributed by atoms with Crippen LogP contribution in [0.4, 0.5) is 0 Å². The van der Waals surface area contributed by atoms with Crippen LogP contribution in [-0.2, 0) is 24.3 Å². The third-order valence-corrected chi connectivity index (χ3v) is 7.19. The minimum absolute atomic E-state index is 0.0256. The molecule has 3 atom stereocenters. The third-order valence-electron chi connectivity index (χ3n) is 5.29. The molecule has 0 spiro atoms. The number of hydrogen-bond acceptors (Lipinski definition) is 6. The van der Waals surface area contributed by atoms with Gasteiger partial charge in [-0.25, -0.2) is 22.7 Å². The molecule has 1 aliphatic carbocycles. The smallest absolute Gasteiger partial charge is 0.344 e. The highest BCUT2D eigenvalue weighted by molar-refractivity contribution is 7.89. The first-order valence-corrected chi connectivity index (χ1v) is 11.5. The first kappa shape index (κ1) is 23.6. The lowest BCUT2D eigenvalue weighted by Crippen LogP contribution is -2.36. The molecular formula is C20H28ClNO6S. The van der Waals surface area contributed by atoms with Crippen LogP contribution in [0.3, 0.4) is 0 Å². The van der Waals surface area contributed by atoms with Crippen molar-refractivity contribution in [3.05, 3.63) is 28.8 Å². The normalized spacial score (nSPS) is 22.3. The lowest BCUT2D eigenvalue weighted by molar-refractivity contribution is -0.159. The minimum Gasteiger partial charge on any atom is -0.460 e. The summed E-state index contributed by atoms with van der Waals surface area (Å²) in [5.41, 5.74) is -0.0256. The van der Waals surface area contributed by atoms with Crippen LogP contribution < -0.4 is 4.72 Å². The fourth-order valence-corrected chi connectivity index (χ4v) is 4.86. The van der Waals surface area contributed by atoms with Crippen molar-refractivity contribution in [3.63, 3.8) is 0 Å². The molecule has 1 aromatic rings. The number of esters is 2. The van der Waals surface area contributed by atoms with E-state index >= 15 is 0 Å². The van der Waals surface area contributed by atoms with Crippen LogP contribution in [-0.4, -0.2) is 40.1 Å². The lowest BCUT2D eigenvalue weighted by Gasteiger charge is -2.36. The van der Waals surface area contributed by atoms with Gasteiger partial charge in [0, 0.05) is 0 Å². The van der Waals surface area contributed by atoms with Gasteiger partial charge in [0.2, 0.25) is 10.0 Å². The van der Waals surface area contributed by atoms with Gasteiger partial charge in [0.15, 0.2) is 6.61 Å². The molecule has 1 aromatic carbocycles. The Morgan fingerprint density at radius 3 is 2.59 bits per heavy atom. The van der Waals surface area contributed by atoms with Gasteiger partial charge in [-0.2, -0.15) is 0 Å². The molecule has 29 heavy (non-hydrogen) atoms. The Bertz CT molecular complexity index is 855. The van der Waals surface area contributed by atoms with E-state index in [1.807, 2.05) is 0 Å². The van der Waals surface area contributed by atoms with Crippen molar-refractivity contribution >= 4 is 33.6 Å². The molecule has 2 rings (SSSR count). The zero-order valence-corrected chi connectivity index (χ0v) is 18.7. The summed E-state index contributed by atoms with van der Waals surface area (Å²) in [6, 6.07) is 3.74. The van der Waals surface area contributed by atoms with Gasteiger partial charge in [-0.05, 0) is 55.8 Å². The van der Waals surface area contributed by atoms with Gasteiger partial charge >= 0.3 is 11.9 Å². The van der Waals surface area contributed by atoms with Gasteiger partial charge in [0.05, 0.1) is 10.6 Å². The lowest BCUT2D eigenvalue weighted by atomic mass is 9.75. The molecule has 1 aliphatic rings. The van der Waals surface area contributed by atoms with Gasteiger partial charge in [0.25, 0.3) is 0 Å². The molecule has 0 amide bonds. The largest absolute Gasteiger partial charge is 0.460 e. The number of carbonyl (C=O) groups is 2. The number of ether oxygens (including phenoxy) is 2. The Labute approximate surface area is 177 Å². The number of carbonyl (C=O) groups excluding carboxylic acids is 2. The second-order valence-electron chi connectivity index (χ2n) is 7.78. The first-order chi connectivity index (χ1) is 13.5. The predicted octanol–water partition coefficient (Wildman–Crippen LogP) is 3.41. The van der Waals surface area contributed by atoms with Crippen molar-refractivity contribution in [2.75, 3.05) is 13.7 Å². The van der Waals surface area contributed by atoms with Crippen LogP contribution >= 0.6 is 11.6 Å². The monoisotopic (exact) mass is 445 g/mol. The van der Waals surface area contributed by atoms with Crippen molar-refractivity contribution in [2.24, 2.45) is 17.8 Å².